The lowest BCUT2D eigenvalue weighted by molar-refractivity contribution is 0.353. The van der Waals surface area contributed by atoms with E-state index < -0.39 is 0 Å². The number of benzene rings is 1. The molecule has 0 aliphatic heterocycles. The molecule has 3 heteroatoms. The van der Waals surface area contributed by atoms with Gasteiger partial charge in [0.05, 0.1) is 14.2 Å². The molecule has 1 aromatic rings. The topological polar surface area (TPSA) is 30.5 Å². The highest BCUT2D eigenvalue weighted by molar-refractivity contribution is 5.43. The first-order valence-corrected chi connectivity index (χ1v) is 7.52. The lowest BCUT2D eigenvalue weighted by Crippen LogP contribution is -2.29. The van der Waals surface area contributed by atoms with E-state index in [0.29, 0.717) is 6.04 Å². The number of rotatable bonds is 9. The van der Waals surface area contributed by atoms with Crippen LogP contribution in [0, 0.1) is 5.92 Å². The van der Waals surface area contributed by atoms with Crippen LogP contribution in [0.25, 0.3) is 0 Å². The van der Waals surface area contributed by atoms with Crippen molar-refractivity contribution in [3.63, 3.8) is 0 Å². The minimum Gasteiger partial charge on any atom is -0.493 e. The van der Waals surface area contributed by atoms with Gasteiger partial charge in [-0.2, -0.15) is 0 Å². The van der Waals surface area contributed by atoms with E-state index in [1.165, 1.54) is 24.8 Å². The quantitative estimate of drug-likeness (QED) is 0.748. The summed E-state index contributed by atoms with van der Waals surface area (Å²) in [5.74, 6) is 2.36. The Bertz CT molecular complexity index is 393. The number of hydrogen-bond donors (Lipinski definition) is 1. The molecule has 1 rings (SSSR count). The Morgan fingerprint density at radius 3 is 2.40 bits per heavy atom. The Balaban J connectivity index is 2.69. The molecule has 0 fully saturated rings. The molecule has 2 unspecified atom stereocenters. The molecule has 0 saturated carbocycles. The molecule has 0 aromatic heterocycles. The van der Waals surface area contributed by atoms with Crippen LogP contribution in [0.15, 0.2) is 18.2 Å². The van der Waals surface area contributed by atoms with Crippen LogP contribution in [0.3, 0.4) is 0 Å². The van der Waals surface area contributed by atoms with Gasteiger partial charge in [-0.05, 0) is 43.5 Å². The second-order valence-electron chi connectivity index (χ2n) is 5.51. The largest absolute Gasteiger partial charge is 0.493 e. The van der Waals surface area contributed by atoms with Crippen molar-refractivity contribution in [2.45, 2.75) is 45.6 Å². The molecule has 114 valence electrons. The second kappa shape index (κ2) is 8.85. The van der Waals surface area contributed by atoms with E-state index in [1.54, 1.807) is 14.2 Å². The van der Waals surface area contributed by atoms with Crippen molar-refractivity contribution in [2.75, 3.05) is 21.3 Å². The maximum absolute atomic E-state index is 5.37. The van der Waals surface area contributed by atoms with Crippen molar-refractivity contribution in [1.82, 2.24) is 5.32 Å². The van der Waals surface area contributed by atoms with Crippen molar-refractivity contribution in [3.05, 3.63) is 23.8 Å². The third-order valence-corrected chi connectivity index (χ3v) is 3.81. The second-order valence-corrected chi connectivity index (χ2v) is 5.51. The van der Waals surface area contributed by atoms with Gasteiger partial charge in [-0.15, -0.1) is 0 Å². The summed E-state index contributed by atoms with van der Waals surface area (Å²) in [6, 6.07) is 6.69. The molecular weight excluding hydrogens is 250 g/mol. The maximum atomic E-state index is 5.37. The summed E-state index contributed by atoms with van der Waals surface area (Å²) in [6.45, 7) is 4.58. The van der Waals surface area contributed by atoms with Gasteiger partial charge in [0, 0.05) is 6.04 Å². The van der Waals surface area contributed by atoms with E-state index in [2.05, 4.69) is 31.3 Å². The highest BCUT2D eigenvalue weighted by atomic mass is 16.5. The molecule has 2 atom stereocenters. The molecule has 0 amide bonds. The zero-order valence-electron chi connectivity index (χ0n) is 13.5. The van der Waals surface area contributed by atoms with Crippen molar-refractivity contribution >= 4 is 0 Å². The van der Waals surface area contributed by atoms with Crippen molar-refractivity contribution in [2.24, 2.45) is 5.92 Å². The van der Waals surface area contributed by atoms with Gasteiger partial charge < -0.3 is 14.8 Å². The van der Waals surface area contributed by atoms with E-state index in [9.17, 15) is 0 Å². The van der Waals surface area contributed by atoms with Crippen molar-refractivity contribution < 1.29 is 9.47 Å². The molecule has 1 aromatic carbocycles. The van der Waals surface area contributed by atoms with Crippen LogP contribution in [0.1, 0.15) is 38.7 Å². The first-order valence-electron chi connectivity index (χ1n) is 7.52. The van der Waals surface area contributed by atoms with Gasteiger partial charge in [-0.3, -0.25) is 0 Å². The number of ether oxygens (including phenoxy) is 2. The summed E-state index contributed by atoms with van der Waals surface area (Å²) in [4.78, 5) is 0. The molecule has 20 heavy (non-hydrogen) atoms. The maximum Gasteiger partial charge on any atom is 0.160 e. The summed E-state index contributed by atoms with van der Waals surface area (Å²) in [5.41, 5.74) is 1.28. The minimum atomic E-state index is 0.509. The Labute approximate surface area is 123 Å². The normalized spacial score (nSPS) is 13.8. The first kappa shape index (κ1) is 16.8. The molecule has 0 spiro atoms. The zero-order chi connectivity index (χ0) is 15.0. The summed E-state index contributed by atoms with van der Waals surface area (Å²) in [6.07, 6.45) is 4.78. The van der Waals surface area contributed by atoms with Crippen LogP contribution in [0.4, 0.5) is 0 Å². The average Bonchev–Trinajstić information content (AvgIpc) is 2.46. The molecule has 3 nitrogen and oxygen atoms in total. The number of likely N-dealkylation sites (N-methyl/N-ethyl adjacent to an activating group) is 1. The Hall–Kier alpha value is -1.22. The van der Waals surface area contributed by atoms with Gasteiger partial charge in [0.15, 0.2) is 11.5 Å². The van der Waals surface area contributed by atoms with Gasteiger partial charge in [-0.25, -0.2) is 0 Å². The molecular formula is C17H29NO2. The van der Waals surface area contributed by atoms with Crippen LogP contribution >= 0.6 is 0 Å². The molecule has 0 heterocycles. The predicted molar refractivity (Wildman–Crippen MR) is 84.8 cm³/mol. The Morgan fingerprint density at radius 1 is 1.15 bits per heavy atom. The standard InChI is InChI=1S/C17H29NO2/c1-6-7-13(2)10-15(18-3)11-14-8-9-16(19-4)17(12-14)20-5/h8-9,12-13,15,18H,6-7,10-11H2,1-5H3. The predicted octanol–water partition coefficient (Wildman–Crippen LogP) is 3.66. The third-order valence-electron chi connectivity index (χ3n) is 3.81. The van der Waals surface area contributed by atoms with E-state index in [0.717, 1.165) is 23.8 Å². The van der Waals surface area contributed by atoms with Gasteiger partial charge in [-0.1, -0.05) is 32.8 Å². The monoisotopic (exact) mass is 279 g/mol. The average molecular weight is 279 g/mol. The van der Waals surface area contributed by atoms with E-state index >= 15 is 0 Å². The van der Waals surface area contributed by atoms with Gasteiger partial charge in [0.25, 0.3) is 0 Å². The molecule has 0 bridgehead atoms. The smallest absolute Gasteiger partial charge is 0.160 e. The first-order chi connectivity index (χ1) is 9.64. The van der Waals surface area contributed by atoms with Gasteiger partial charge >= 0.3 is 0 Å². The summed E-state index contributed by atoms with van der Waals surface area (Å²) in [7, 11) is 5.39. The highest BCUT2D eigenvalue weighted by Crippen LogP contribution is 2.28. The Morgan fingerprint density at radius 2 is 1.85 bits per heavy atom. The SMILES string of the molecule is CCCC(C)CC(Cc1ccc(OC)c(OC)c1)NC. The lowest BCUT2D eigenvalue weighted by Gasteiger charge is -2.21. The number of methoxy groups -OCH3 is 2. The highest BCUT2D eigenvalue weighted by Gasteiger charge is 2.13. The van der Waals surface area contributed by atoms with Gasteiger partial charge in [0.2, 0.25) is 0 Å². The number of nitrogens with one attached hydrogen (secondary N) is 1. The fourth-order valence-electron chi connectivity index (χ4n) is 2.69. The molecule has 0 saturated heterocycles. The summed E-state index contributed by atoms with van der Waals surface area (Å²) in [5, 5.41) is 3.43. The summed E-state index contributed by atoms with van der Waals surface area (Å²) >= 11 is 0. The summed E-state index contributed by atoms with van der Waals surface area (Å²) < 4.78 is 10.6. The van der Waals surface area contributed by atoms with Gasteiger partial charge in [0.1, 0.15) is 0 Å². The van der Waals surface area contributed by atoms with Crippen molar-refractivity contribution in [1.29, 1.82) is 0 Å². The van der Waals surface area contributed by atoms with Crippen LogP contribution < -0.4 is 14.8 Å². The fraction of sp³-hybridized carbons (Fsp3) is 0.647. The van der Waals surface area contributed by atoms with Crippen LogP contribution in [0.5, 0.6) is 11.5 Å². The minimum absolute atomic E-state index is 0.509. The van der Waals surface area contributed by atoms with E-state index in [4.69, 9.17) is 9.47 Å². The molecule has 0 aliphatic carbocycles. The lowest BCUT2D eigenvalue weighted by atomic mass is 9.93. The zero-order valence-corrected chi connectivity index (χ0v) is 13.5. The van der Waals surface area contributed by atoms with Crippen LogP contribution in [0.2, 0.25) is 0 Å². The van der Waals surface area contributed by atoms with E-state index in [1.807, 2.05) is 13.1 Å². The van der Waals surface area contributed by atoms with E-state index in [-0.39, 0.29) is 0 Å². The molecule has 0 aliphatic rings. The third kappa shape index (κ3) is 5.04. The fourth-order valence-corrected chi connectivity index (χ4v) is 2.69. The molecule has 1 N–H and O–H groups in total. The number of hydrogen-bond acceptors (Lipinski definition) is 3. The molecule has 0 radical (unpaired) electrons. The van der Waals surface area contributed by atoms with Crippen LogP contribution in [-0.4, -0.2) is 27.3 Å². The van der Waals surface area contributed by atoms with Crippen molar-refractivity contribution in [3.8, 4) is 11.5 Å². The van der Waals surface area contributed by atoms with Crippen LogP contribution in [-0.2, 0) is 6.42 Å². The Kier molecular flexibility index (Phi) is 7.45.